The molecule has 20 heavy (non-hydrogen) atoms. The van der Waals surface area contributed by atoms with E-state index in [1.165, 1.54) is 10.5 Å². The summed E-state index contributed by atoms with van der Waals surface area (Å²) in [5.74, 6) is 0.987. The van der Waals surface area contributed by atoms with E-state index in [1.54, 1.807) is 11.8 Å². The number of amides is 1. The maximum Gasteiger partial charge on any atom is 0.221 e. The van der Waals surface area contributed by atoms with Gasteiger partial charge in [-0.25, -0.2) is 0 Å². The van der Waals surface area contributed by atoms with Gasteiger partial charge < -0.3 is 15.4 Å². The number of nitrogens with one attached hydrogen (secondary N) is 2. The van der Waals surface area contributed by atoms with Gasteiger partial charge in [-0.2, -0.15) is 0 Å². The van der Waals surface area contributed by atoms with Gasteiger partial charge in [0.1, 0.15) is 0 Å². The van der Waals surface area contributed by atoms with Crippen LogP contribution in [0, 0.1) is 6.92 Å². The highest BCUT2D eigenvalue weighted by atomic mass is 32.2. The van der Waals surface area contributed by atoms with Crippen LogP contribution in [0.3, 0.4) is 0 Å². The fourth-order valence-electron chi connectivity index (χ4n) is 2.04. The van der Waals surface area contributed by atoms with Gasteiger partial charge in [-0.1, -0.05) is 17.7 Å². The summed E-state index contributed by atoms with van der Waals surface area (Å²) >= 11 is 1.76. The van der Waals surface area contributed by atoms with Crippen LogP contribution in [0.5, 0.6) is 0 Å². The lowest BCUT2D eigenvalue weighted by Gasteiger charge is -2.23. The molecule has 1 aliphatic rings. The number of carbonyl (C=O) groups excluding carboxylic acids is 1. The Balaban J connectivity index is 1.58. The van der Waals surface area contributed by atoms with E-state index in [2.05, 4.69) is 41.8 Å². The van der Waals surface area contributed by atoms with Gasteiger partial charge in [-0.3, -0.25) is 4.79 Å². The van der Waals surface area contributed by atoms with Gasteiger partial charge in [-0.05, 0) is 19.1 Å². The molecule has 2 N–H and O–H groups in total. The minimum Gasteiger partial charge on any atom is -0.378 e. The van der Waals surface area contributed by atoms with E-state index in [4.69, 9.17) is 4.74 Å². The number of thioether (sulfide) groups is 1. The number of benzene rings is 1. The first kappa shape index (κ1) is 15.4. The molecule has 0 spiro atoms. The van der Waals surface area contributed by atoms with Crippen molar-refractivity contribution in [3.8, 4) is 0 Å². The molecule has 0 saturated carbocycles. The van der Waals surface area contributed by atoms with Crippen LogP contribution in [0.1, 0.15) is 12.0 Å². The van der Waals surface area contributed by atoms with Gasteiger partial charge in [0.05, 0.1) is 13.2 Å². The van der Waals surface area contributed by atoms with Gasteiger partial charge >= 0.3 is 0 Å². The SMILES string of the molecule is Cc1ccc(SCCNC(=O)CC2COCCN2)cc1. The quantitative estimate of drug-likeness (QED) is 0.618. The Hall–Kier alpha value is -1.04. The van der Waals surface area contributed by atoms with Gasteiger partial charge in [-0.15, -0.1) is 11.8 Å². The molecular formula is C15H22N2O2S. The maximum atomic E-state index is 11.8. The first-order valence-electron chi connectivity index (χ1n) is 7.01. The third kappa shape index (κ3) is 5.53. The second kappa shape index (κ2) is 8.29. The summed E-state index contributed by atoms with van der Waals surface area (Å²) in [5.41, 5.74) is 1.27. The molecule has 1 saturated heterocycles. The molecule has 1 amide bonds. The Bertz CT molecular complexity index is 416. The monoisotopic (exact) mass is 294 g/mol. The third-order valence-electron chi connectivity index (χ3n) is 3.14. The summed E-state index contributed by atoms with van der Waals surface area (Å²) in [6.07, 6.45) is 0.495. The molecule has 0 aromatic heterocycles. The number of hydrogen-bond donors (Lipinski definition) is 2. The van der Waals surface area contributed by atoms with E-state index in [9.17, 15) is 4.79 Å². The van der Waals surface area contributed by atoms with Crippen molar-refractivity contribution in [1.29, 1.82) is 0 Å². The van der Waals surface area contributed by atoms with Crippen molar-refractivity contribution in [2.24, 2.45) is 0 Å². The van der Waals surface area contributed by atoms with Crippen molar-refractivity contribution in [3.05, 3.63) is 29.8 Å². The first-order chi connectivity index (χ1) is 9.74. The van der Waals surface area contributed by atoms with Crippen LogP contribution in [-0.2, 0) is 9.53 Å². The lowest BCUT2D eigenvalue weighted by Crippen LogP contribution is -2.44. The second-order valence-electron chi connectivity index (χ2n) is 4.94. The Morgan fingerprint density at radius 2 is 2.25 bits per heavy atom. The third-order valence-corrected chi connectivity index (χ3v) is 4.16. The molecular weight excluding hydrogens is 272 g/mol. The molecule has 110 valence electrons. The minimum absolute atomic E-state index is 0.0949. The lowest BCUT2D eigenvalue weighted by molar-refractivity contribution is -0.122. The highest BCUT2D eigenvalue weighted by Gasteiger charge is 2.16. The molecule has 1 aliphatic heterocycles. The van der Waals surface area contributed by atoms with Crippen LogP contribution < -0.4 is 10.6 Å². The molecule has 1 fully saturated rings. The van der Waals surface area contributed by atoms with E-state index in [-0.39, 0.29) is 11.9 Å². The average Bonchev–Trinajstić information content (AvgIpc) is 2.46. The van der Waals surface area contributed by atoms with Crippen LogP contribution in [0.4, 0.5) is 0 Å². The van der Waals surface area contributed by atoms with Crippen molar-refractivity contribution in [3.63, 3.8) is 0 Å². The first-order valence-corrected chi connectivity index (χ1v) is 8.00. The van der Waals surface area contributed by atoms with E-state index in [0.717, 1.165) is 18.9 Å². The molecule has 5 heteroatoms. The van der Waals surface area contributed by atoms with E-state index < -0.39 is 0 Å². The fraction of sp³-hybridized carbons (Fsp3) is 0.533. The van der Waals surface area contributed by atoms with Crippen LogP contribution >= 0.6 is 11.8 Å². The van der Waals surface area contributed by atoms with E-state index in [1.807, 2.05) is 0 Å². The van der Waals surface area contributed by atoms with Crippen molar-refractivity contribution in [1.82, 2.24) is 10.6 Å². The molecule has 2 rings (SSSR count). The Labute approximate surface area is 124 Å². The molecule has 0 radical (unpaired) electrons. The summed E-state index contributed by atoms with van der Waals surface area (Å²) in [6.45, 7) is 4.99. The summed E-state index contributed by atoms with van der Waals surface area (Å²) in [7, 11) is 0. The number of rotatable bonds is 6. The number of morpholine rings is 1. The Morgan fingerprint density at radius 3 is 2.95 bits per heavy atom. The number of ether oxygens (including phenoxy) is 1. The molecule has 1 atom stereocenters. The fourth-order valence-corrected chi connectivity index (χ4v) is 2.81. The summed E-state index contributed by atoms with van der Waals surface area (Å²) in [6, 6.07) is 8.61. The van der Waals surface area contributed by atoms with Gasteiger partial charge in [0.2, 0.25) is 5.91 Å². The predicted octanol–water partition coefficient (Wildman–Crippen LogP) is 1.58. The zero-order chi connectivity index (χ0) is 14.2. The highest BCUT2D eigenvalue weighted by molar-refractivity contribution is 7.99. The standard InChI is InChI=1S/C15H22N2O2S/c1-12-2-4-14(5-3-12)20-9-7-17-15(18)10-13-11-19-8-6-16-13/h2-5,13,16H,6-11H2,1H3,(H,17,18). The lowest BCUT2D eigenvalue weighted by atomic mass is 10.2. The molecule has 1 unspecified atom stereocenters. The van der Waals surface area contributed by atoms with E-state index >= 15 is 0 Å². The number of hydrogen-bond acceptors (Lipinski definition) is 4. The van der Waals surface area contributed by atoms with Gasteiger partial charge in [0.15, 0.2) is 0 Å². The molecule has 0 bridgehead atoms. The summed E-state index contributed by atoms with van der Waals surface area (Å²) in [4.78, 5) is 13.0. The smallest absolute Gasteiger partial charge is 0.221 e. The normalized spacial score (nSPS) is 18.8. The zero-order valence-corrected chi connectivity index (χ0v) is 12.7. The molecule has 1 aromatic rings. The summed E-state index contributed by atoms with van der Waals surface area (Å²) in [5, 5.41) is 6.24. The largest absolute Gasteiger partial charge is 0.378 e. The zero-order valence-electron chi connectivity index (χ0n) is 11.9. The topological polar surface area (TPSA) is 50.4 Å². The van der Waals surface area contributed by atoms with Gasteiger partial charge in [0, 0.05) is 36.2 Å². The molecule has 1 heterocycles. The Kier molecular flexibility index (Phi) is 6.36. The van der Waals surface area contributed by atoms with Crippen molar-refractivity contribution >= 4 is 17.7 Å². The molecule has 0 aliphatic carbocycles. The van der Waals surface area contributed by atoms with Crippen LogP contribution in [0.15, 0.2) is 29.2 Å². The Morgan fingerprint density at radius 1 is 1.45 bits per heavy atom. The maximum absolute atomic E-state index is 11.8. The summed E-state index contributed by atoms with van der Waals surface area (Å²) < 4.78 is 5.33. The predicted molar refractivity (Wildman–Crippen MR) is 82.1 cm³/mol. The molecule has 1 aromatic carbocycles. The van der Waals surface area contributed by atoms with Crippen molar-refractivity contribution in [2.75, 3.05) is 32.1 Å². The van der Waals surface area contributed by atoms with Gasteiger partial charge in [0.25, 0.3) is 0 Å². The van der Waals surface area contributed by atoms with Crippen LogP contribution in [-0.4, -0.2) is 44.0 Å². The number of aryl methyl sites for hydroxylation is 1. The van der Waals surface area contributed by atoms with Crippen LogP contribution in [0.2, 0.25) is 0 Å². The van der Waals surface area contributed by atoms with E-state index in [0.29, 0.717) is 19.6 Å². The highest BCUT2D eigenvalue weighted by Crippen LogP contribution is 2.17. The second-order valence-corrected chi connectivity index (χ2v) is 6.11. The minimum atomic E-state index is 0.0949. The average molecular weight is 294 g/mol. The number of carbonyl (C=O) groups is 1. The van der Waals surface area contributed by atoms with Crippen LogP contribution in [0.25, 0.3) is 0 Å². The van der Waals surface area contributed by atoms with Crippen molar-refractivity contribution in [2.45, 2.75) is 24.3 Å². The molecule has 4 nitrogen and oxygen atoms in total. The van der Waals surface area contributed by atoms with Crippen molar-refractivity contribution < 1.29 is 9.53 Å².